The van der Waals surface area contributed by atoms with Crippen molar-refractivity contribution in [1.29, 1.82) is 0 Å². The number of aryl methyl sites for hydroxylation is 1. The molecular weight excluding hydrogens is 330 g/mol. The van der Waals surface area contributed by atoms with Crippen LogP contribution in [0.1, 0.15) is 24.0 Å². The zero-order valence-corrected chi connectivity index (χ0v) is 15.1. The Balaban J connectivity index is 1.38. The van der Waals surface area contributed by atoms with Crippen LogP contribution in [0.25, 0.3) is 0 Å². The number of methoxy groups -OCH3 is 1. The number of benzene rings is 2. The summed E-state index contributed by atoms with van der Waals surface area (Å²) in [5, 5.41) is 2.98. The largest absolute Gasteiger partial charge is 0.496 e. The van der Waals surface area contributed by atoms with Gasteiger partial charge in [-0.1, -0.05) is 24.3 Å². The number of amides is 1. The van der Waals surface area contributed by atoms with Gasteiger partial charge in [0.05, 0.1) is 7.11 Å². The summed E-state index contributed by atoms with van der Waals surface area (Å²) < 4.78 is 16.4. The van der Waals surface area contributed by atoms with Gasteiger partial charge in [-0.2, -0.15) is 0 Å². The van der Waals surface area contributed by atoms with Gasteiger partial charge in [0.2, 0.25) is 5.91 Å². The number of fused-ring (bicyclic) bond motifs is 1. The van der Waals surface area contributed by atoms with Crippen LogP contribution in [0.3, 0.4) is 0 Å². The summed E-state index contributed by atoms with van der Waals surface area (Å²) in [4.78, 5) is 12.0. The third-order valence-electron chi connectivity index (χ3n) is 4.38. The molecule has 2 aromatic rings. The van der Waals surface area contributed by atoms with Crippen molar-refractivity contribution in [1.82, 2.24) is 5.32 Å². The number of nitrogens with one attached hydrogen (secondary N) is 1. The van der Waals surface area contributed by atoms with Gasteiger partial charge in [0, 0.05) is 13.0 Å². The molecule has 0 radical (unpaired) electrons. The topological polar surface area (TPSA) is 56.8 Å². The highest BCUT2D eigenvalue weighted by Gasteiger charge is 2.12. The van der Waals surface area contributed by atoms with Crippen molar-refractivity contribution in [2.45, 2.75) is 25.7 Å². The Morgan fingerprint density at radius 3 is 2.73 bits per heavy atom. The molecule has 0 unspecified atom stereocenters. The highest BCUT2D eigenvalue weighted by atomic mass is 16.6. The molecule has 0 saturated carbocycles. The van der Waals surface area contributed by atoms with Gasteiger partial charge < -0.3 is 19.5 Å². The first-order valence-electron chi connectivity index (χ1n) is 9.03. The summed E-state index contributed by atoms with van der Waals surface area (Å²) in [6, 6.07) is 13.9. The lowest BCUT2D eigenvalue weighted by atomic mass is 10.1. The third kappa shape index (κ3) is 4.91. The fraction of sp³-hybridized carbons (Fsp3) is 0.381. The molecule has 0 saturated heterocycles. The van der Waals surface area contributed by atoms with Crippen LogP contribution in [-0.4, -0.2) is 32.8 Å². The number of carbonyl (C=O) groups excluding carboxylic acids is 1. The summed E-state index contributed by atoms with van der Waals surface area (Å²) in [5.74, 6) is 2.54. The zero-order chi connectivity index (χ0) is 18.2. The second-order valence-corrected chi connectivity index (χ2v) is 6.24. The SMILES string of the molecule is COc1ccccc1CCNC(=O)CCCc1ccc2c(c1)OCCO2. The molecule has 26 heavy (non-hydrogen) atoms. The molecule has 1 aliphatic heterocycles. The summed E-state index contributed by atoms with van der Waals surface area (Å²) in [7, 11) is 1.66. The van der Waals surface area contributed by atoms with E-state index in [0.29, 0.717) is 26.2 Å². The van der Waals surface area contributed by atoms with E-state index >= 15 is 0 Å². The van der Waals surface area contributed by atoms with Gasteiger partial charge in [0.1, 0.15) is 19.0 Å². The normalized spacial score (nSPS) is 12.5. The van der Waals surface area contributed by atoms with Crippen molar-refractivity contribution in [3.8, 4) is 17.2 Å². The van der Waals surface area contributed by atoms with E-state index in [1.807, 2.05) is 42.5 Å². The molecule has 5 heteroatoms. The number of rotatable bonds is 8. The van der Waals surface area contributed by atoms with Crippen LogP contribution in [0.4, 0.5) is 0 Å². The Labute approximate surface area is 154 Å². The molecule has 0 fully saturated rings. The van der Waals surface area contributed by atoms with Crippen LogP contribution in [0.2, 0.25) is 0 Å². The maximum Gasteiger partial charge on any atom is 0.220 e. The maximum atomic E-state index is 12.0. The van der Waals surface area contributed by atoms with Crippen molar-refractivity contribution < 1.29 is 19.0 Å². The lowest BCUT2D eigenvalue weighted by Crippen LogP contribution is -2.25. The molecule has 1 aliphatic rings. The number of carbonyl (C=O) groups is 1. The number of hydrogen-bond donors (Lipinski definition) is 1. The van der Waals surface area contributed by atoms with Crippen molar-refractivity contribution in [2.75, 3.05) is 26.9 Å². The highest BCUT2D eigenvalue weighted by molar-refractivity contribution is 5.75. The molecule has 0 aromatic heterocycles. The van der Waals surface area contributed by atoms with Gasteiger partial charge >= 0.3 is 0 Å². The fourth-order valence-corrected chi connectivity index (χ4v) is 3.03. The molecule has 0 bridgehead atoms. The Morgan fingerprint density at radius 1 is 1.08 bits per heavy atom. The lowest BCUT2D eigenvalue weighted by molar-refractivity contribution is -0.121. The predicted molar refractivity (Wildman–Crippen MR) is 100 cm³/mol. The van der Waals surface area contributed by atoms with E-state index in [-0.39, 0.29) is 5.91 Å². The van der Waals surface area contributed by atoms with Crippen LogP contribution < -0.4 is 19.5 Å². The van der Waals surface area contributed by atoms with E-state index in [1.165, 1.54) is 0 Å². The molecule has 1 amide bonds. The summed E-state index contributed by atoms with van der Waals surface area (Å²) in [6.45, 7) is 1.80. The van der Waals surface area contributed by atoms with Crippen LogP contribution in [-0.2, 0) is 17.6 Å². The van der Waals surface area contributed by atoms with Gasteiger partial charge in [0.15, 0.2) is 11.5 Å². The standard InChI is InChI=1S/C21H25NO4/c1-24-18-7-3-2-6-17(18)11-12-22-21(23)8-4-5-16-9-10-19-20(15-16)26-14-13-25-19/h2-3,6-7,9-10,15H,4-5,8,11-14H2,1H3,(H,22,23). The molecule has 3 rings (SSSR count). The van der Waals surface area contributed by atoms with Crippen molar-refractivity contribution in [2.24, 2.45) is 0 Å². The predicted octanol–water partition coefficient (Wildman–Crippen LogP) is 3.15. The van der Waals surface area contributed by atoms with Crippen LogP contribution in [0.15, 0.2) is 42.5 Å². The number of ether oxygens (including phenoxy) is 3. The van der Waals surface area contributed by atoms with Crippen molar-refractivity contribution in [3.63, 3.8) is 0 Å². The molecule has 1 heterocycles. The lowest BCUT2D eigenvalue weighted by Gasteiger charge is -2.18. The number of hydrogen-bond acceptors (Lipinski definition) is 4. The first-order chi connectivity index (χ1) is 12.8. The Morgan fingerprint density at radius 2 is 1.88 bits per heavy atom. The molecular formula is C21H25NO4. The summed E-state index contributed by atoms with van der Waals surface area (Å²) in [5.41, 5.74) is 2.27. The molecule has 0 aliphatic carbocycles. The first kappa shape index (κ1) is 18.1. The fourth-order valence-electron chi connectivity index (χ4n) is 3.03. The van der Waals surface area contributed by atoms with E-state index in [2.05, 4.69) is 5.32 Å². The minimum absolute atomic E-state index is 0.0810. The van der Waals surface area contributed by atoms with Crippen LogP contribution in [0, 0.1) is 0 Å². The molecule has 1 N–H and O–H groups in total. The highest BCUT2D eigenvalue weighted by Crippen LogP contribution is 2.31. The van der Waals surface area contributed by atoms with Crippen molar-refractivity contribution >= 4 is 5.91 Å². The second-order valence-electron chi connectivity index (χ2n) is 6.24. The van der Waals surface area contributed by atoms with Gasteiger partial charge in [-0.3, -0.25) is 4.79 Å². The average molecular weight is 355 g/mol. The Bertz CT molecular complexity index is 745. The Hall–Kier alpha value is -2.69. The summed E-state index contributed by atoms with van der Waals surface area (Å²) in [6.07, 6.45) is 2.93. The molecule has 5 nitrogen and oxygen atoms in total. The zero-order valence-electron chi connectivity index (χ0n) is 15.1. The van der Waals surface area contributed by atoms with E-state index < -0.39 is 0 Å². The van der Waals surface area contributed by atoms with Crippen LogP contribution in [0.5, 0.6) is 17.2 Å². The maximum absolute atomic E-state index is 12.0. The van der Waals surface area contributed by atoms with E-state index in [1.54, 1.807) is 7.11 Å². The number of para-hydroxylation sites is 1. The Kier molecular flexibility index (Phi) is 6.36. The van der Waals surface area contributed by atoms with Crippen LogP contribution >= 0.6 is 0 Å². The molecule has 138 valence electrons. The van der Waals surface area contributed by atoms with E-state index in [9.17, 15) is 4.79 Å². The van der Waals surface area contributed by atoms with Gasteiger partial charge in [-0.25, -0.2) is 0 Å². The smallest absolute Gasteiger partial charge is 0.220 e. The first-order valence-corrected chi connectivity index (χ1v) is 9.03. The molecule has 0 atom stereocenters. The quantitative estimate of drug-likeness (QED) is 0.790. The van der Waals surface area contributed by atoms with Crippen molar-refractivity contribution in [3.05, 3.63) is 53.6 Å². The third-order valence-corrected chi connectivity index (χ3v) is 4.38. The second kappa shape index (κ2) is 9.13. The van der Waals surface area contributed by atoms with Gasteiger partial charge in [-0.15, -0.1) is 0 Å². The van der Waals surface area contributed by atoms with E-state index in [0.717, 1.165) is 47.6 Å². The summed E-state index contributed by atoms with van der Waals surface area (Å²) >= 11 is 0. The minimum atomic E-state index is 0.0810. The average Bonchev–Trinajstić information content (AvgIpc) is 2.68. The van der Waals surface area contributed by atoms with Gasteiger partial charge in [-0.05, 0) is 48.6 Å². The van der Waals surface area contributed by atoms with Gasteiger partial charge in [0.25, 0.3) is 0 Å². The molecule has 2 aromatic carbocycles. The van der Waals surface area contributed by atoms with E-state index in [4.69, 9.17) is 14.2 Å². The monoisotopic (exact) mass is 355 g/mol. The minimum Gasteiger partial charge on any atom is -0.496 e. The molecule has 0 spiro atoms.